The summed E-state index contributed by atoms with van der Waals surface area (Å²) in [5, 5.41) is 0. The third-order valence-corrected chi connectivity index (χ3v) is 4.48. The average Bonchev–Trinajstić information content (AvgIpc) is 2.67. The van der Waals surface area contributed by atoms with Crippen molar-refractivity contribution >= 4 is 24.3 Å². The van der Waals surface area contributed by atoms with Gasteiger partial charge in [-0.1, -0.05) is 48.6 Å². The lowest BCUT2D eigenvalue weighted by atomic mass is 10.1. The van der Waals surface area contributed by atoms with E-state index >= 15 is 0 Å². The molecule has 0 fully saturated rings. The van der Waals surface area contributed by atoms with Gasteiger partial charge in [-0.15, -0.1) is 0 Å². The van der Waals surface area contributed by atoms with Crippen LogP contribution in [0.4, 0.5) is 17.6 Å². The smallest absolute Gasteiger partial charge is 0.129 e. The molecule has 4 heteroatoms. The average molecular weight is 382 g/mol. The van der Waals surface area contributed by atoms with Crippen molar-refractivity contribution in [2.24, 2.45) is 0 Å². The van der Waals surface area contributed by atoms with Crippen LogP contribution in [0.15, 0.2) is 48.5 Å². The quantitative estimate of drug-likeness (QED) is 0.331. The molecule has 0 aliphatic rings. The number of hydrogen-bond acceptors (Lipinski definition) is 0. The summed E-state index contributed by atoms with van der Waals surface area (Å²) in [5.74, 6) is -2.32. The van der Waals surface area contributed by atoms with Crippen LogP contribution in [-0.4, -0.2) is 0 Å². The van der Waals surface area contributed by atoms with E-state index in [0.29, 0.717) is 11.1 Å². The Balaban J connectivity index is 1.73. The predicted octanol–water partition coefficient (Wildman–Crippen LogP) is 7.20. The molecule has 0 aromatic heterocycles. The van der Waals surface area contributed by atoms with E-state index in [0.717, 1.165) is 11.1 Å². The minimum Gasteiger partial charge on any atom is -0.207 e. The molecule has 0 nitrogen and oxygen atoms in total. The highest BCUT2D eigenvalue weighted by molar-refractivity contribution is 5.73. The molecule has 0 heterocycles. The Morgan fingerprint density at radius 1 is 0.464 bits per heavy atom. The van der Waals surface area contributed by atoms with Gasteiger partial charge in [-0.25, -0.2) is 17.6 Å². The molecule has 0 amide bonds. The summed E-state index contributed by atoms with van der Waals surface area (Å²) in [4.78, 5) is 0. The van der Waals surface area contributed by atoms with Crippen molar-refractivity contribution in [2.45, 2.75) is 13.8 Å². The topological polar surface area (TPSA) is 0 Å². The third-order valence-electron chi connectivity index (χ3n) is 4.48. The van der Waals surface area contributed by atoms with Gasteiger partial charge in [-0.2, -0.15) is 0 Å². The van der Waals surface area contributed by atoms with Gasteiger partial charge in [-0.05, 0) is 60.4 Å². The fourth-order valence-electron chi connectivity index (χ4n) is 2.63. The molecule has 3 aromatic rings. The normalized spacial score (nSPS) is 11.6. The molecular formula is C24H18F4. The highest BCUT2D eigenvalue weighted by Crippen LogP contribution is 2.18. The summed E-state index contributed by atoms with van der Waals surface area (Å²) in [6.07, 6.45) is 6.77. The molecule has 0 aliphatic carbocycles. The Bertz CT molecular complexity index is 928. The maximum Gasteiger partial charge on any atom is 0.129 e. The van der Waals surface area contributed by atoms with Gasteiger partial charge in [-0.3, -0.25) is 0 Å². The Morgan fingerprint density at radius 3 is 1.00 bits per heavy atom. The molecule has 0 aliphatic heterocycles. The zero-order valence-corrected chi connectivity index (χ0v) is 15.4. The highest BCUT2D eigenvalue weighted by Gasteiger charge is 2.06. The van der Waals surface area contributed by atoms with Crippen molar-refractivity contribution in [3.8, 4) is 0 Å². The van der Waals surface area contributed by atoms with Gasteiger partial charge >= 0.3 is 0 Å². The van der Waals surface area contributed by atoms with Crippen molar-refractivity contribution in [2.75, 3.05) is 0 Å². The van der Waals surface area contributed by atoms with Crippen molar-refractivity contribution in [1.82, 2.24) is 0 Å². The van der Waals surface area contributed by atoms with Gasteiger partial charge in [0, 0.05) is 11.1 Å². The maximum absolute atomic E-state index is 13.6. The van der Waals surface area contributed by atoms with Crippen LogP contribution in [-0.2, 0) is 0 Å². The second kappa shape index (κ2) is 8.26. The van der Waals surface area contributed by atoms with E-state index in [2.05, 4.69) is 0 Å². The third kappa shape index (κ3) is 4.58. The molecule has 0 N–H and O–H groups in total. The van der Waals surface area contributed by atoms with E-state index in [1.807, 2.05) is 24.3 Å². The summed E-state index contributed by atoms with van der Waals surface area (Å²) < 4.78 is 54.3. The first-order valence-corrected chi connectivity index (χ1v) is 8.71. The van der Waals surface area contributed by atoms with Crippen LogP contribution >= 0.6 is 0 Å². The van der Waals surface area contributed by atoms with Gasteiger partial charge in [0.25, 0.3) is 0 Å². The Morgan fingerprint density at radius 2 is 0.714 bits per heavy atom. The minimum atomic E-state index is -0.580. The number of hydrogen-bond donors (Lipinski definition) is 0. The summed E-state index contributed by atoms with van der Waals surface area (Å²) >= 11 is 0. The number of rotatable bonds is 4. The van der Waals surface area contributed by atoms with Gasteiger partial charge in [0.2, 0.25) is 0 Å². The van der Waals surface area contributed by atoms with Gasteiger partial charge in [0.05, 0.1) is 0 Å². The van der Waals surface area contributed by atoms with Crippen LogP contribution in [0.3, 0.4) is 0 Å². The SMILES string of the molecule is Cc1c(F)cc(/C=C/c2ccc(/C=C/c3cc(F)c(C)c(F)c3)cc2)cc1F. The molecule has 0 saturated carbocycles. The monoisotopic (exact) mass is 382 g/mol. The maximum atomic E-state index is 13.6. The second-order valence-electron chi connectivity index (χ2n) is 6.55. The summed E-state index contributed by atoms with van der Waals surface area (Å²) in [5.41, 5.74) is 2.58. The molecule has 0 atom stereocenters. The lowest BCUT2D eigenvalue weighted by molar-refractivity contribution is 0.567. The lowest BCUT2D eigenvalue weighted by Gasteiger charge is -2.02. The molecule has 28 heavy (non-hydrogen) atoms. The van der Waals surface area contributed by atoms with E-state index < -0.39 is 23.3 Å². The molecular weight excluding hydrogens is 364 g/mol. The van der Waals surface area contributed by atoms with Crippen LogP contribution in [0.25, 0.3) is 24.3 Å². The van der Waals surface area contributed by atoms with Crippen LogP contribution < -0.4 is 0 Å². The molecule has 0 saturated heterocycles. The standard InChI is InChI=1S/C24H18F4/c1-15-21(25)11-19(12-22(15)26)9-7-17-3-5-18(6-4-17)8-10-20-13-23(27)16(2)24(28)14-20/h3-14H,1-2H3/b9-7+,10-8+. The van der Waals surface area contributed by atoms with E-state index in [1.165, 1.54) is 38.1 Å². The number of halogens is 4. The first-order valence-electron chi connectivity index (χ1n) is 8.71. The van der Waals surface area contributed by atoms with Crippen LogP contribution in [0.1, 0.15) is 33.4 Å². The predicted molar refractivity (Wildman–Crippen MR) is 106 cm³/mol. The first-order chi connectivity index (χ1) is 13.3. The Hall–Kier alpha value is -3.14. The molecule has 0 spiro atoms. The highest BCUT2D eigenvalue weighted by atomic mass is 19.1. The molecule has 0 unspecified atom stereocenters. The van der Waals surface area contributed by atoms with Crippen molar-refractivity contribution in [1.29, 1.82) is 0 Å². The summed E-state index contributed by atoms with van der Waals surface area (Å²) in [6.45, 7) is 2.79. The molecule has 3 rings (SSSR count). The van der Waals surface area contributed by atoms with E-state index in [4.69, 9.17) is 0 Å². The number of benzene rings is 3. The zero-order chi connectivity index (χ0) is 20.3. The van der Waals surface area contributed by atoms with Crippen LogP contribution in [0.2, 0.25) is 0 Å². The zero-order valence-electron chi connectivity index (χ0n) is 15.4. The van der Waals surface area contributed by atoms with Gasteiger partial charge in [0.15, 0.2) is 0 Å². The first kappa shape index (κ1) is 19.6. The van der Waals surface area contributed by atoms with Crippen molar-refractivity contribution in [3.05, 3.63) is 105 Å². The largest absolute Gasteiger partial charge is 0.207 e. The van der Waals surface area contributed by atoms with E-state index in [1.54, 1.807) is 24.3 Å². The second-order valence-corrected chi connectivity index (χ2v) is 6.55. The Labute approximate surface area is 161 Å². The van der Waals surface area contributed by atoms with Crippen LogP contribution in [0.5, 0.6) is 0 Å². The van der Waals surface area contributed by atoms with Gasteiger partial charge in [0.1, 0.15) is 23.3 Å². The van der Waals surface area contributed by atoms with Crippen molar-refractivity contribution in [3.63, 3.8) is 0 Å². The molecule has 3 aromatic carbocycles. The van der Waals surface area contributed by atoms with E-state index in [9.17, 15) is 17.6 Å². The fourth-order valence-corrected chi connectivity index (χ4v) is 2.63. The van der Waals surface area contributed by atoms with Crippen molar-refractivity contribution < 1.29 is 17.6 Å². The van der Waals surface area contributed by atoms with Crippen LogP contribution in [0, 0.1) is 37.1 Å². The van der Waals surface area contributed by atoms with E-state index in [-0.39, 0.29) is 11.1 Å². The summed E-state index contributed by atoms with van der Waals surface area (Å²) in [6, 6.07) is 12.5. The van der Waals surface area contributed by atoms with Gasteiger partial charge < -0.3 is 0 Å². The minimum absolute atomic E-state index is 0.00151. The fraction of sp³-hybridized carbons (Fsp3) is 0.0833. The summed E-state index contributed by atoms with van der Waals surface area (Å²) in [7, 11) is 0. The molecule has 0 bridgehead atoms. The molecule has 0 radical (unpaired) electrons. The Kier molecular flexibility index (Phi) is 5.78. The lowest BCUT2D eigenvalue weighted by Crippen LogP contribution is -1.89. The molecule has 142 valence electrons.